The molecule has 0 aromatic heterocycles. The van der Waals surface area contributed by atoms with Gasteiger partial charge >= 0.3 is 0 Å². The summed E-state index contributed by atoms with van der Waals surface area (Å²) in [5, 5.41) is 0. The molecule has 0 heterocycles. The number of hydrogen-bond acceptors (Lipinski definition) is 0. The molecule has 0 saturated carbocycles. The Labute approximate surface area is 105 Å². The van der Waals surface area contributed by atoms with Gasteiger partial charge in [0, 0.05) is 0 Å². The van der Waals surface area contributed by atoms with E-state index < -0.39 is 0 Å². The van der Waals surface area contributed by atoms with Crippen LogP contribution in [0.4, 0.5) is 0 Å². The monoisotopic (exact) mass is 226 g/mol. The van der Waals surface area contributed by atoms with E-state index in [1.807, 2.05) is 0 Å². The molecule has 2 rings (SSSR count). The number of rotatable bonds is 4. The van der Waals surface area contributed by atoms with Crippen molar-refractivity contribution in [3.05, 3.63) is 59.8 Å². The zero-order valence-corrected chi connectivity index (χ0v) is 10.7. The smallest absolute Gasteiger partial charge is 0.00901 e. The fourth-order valence-corrected chi connectivity index (χ4v) is 2.51. The minimum Gasteiger partial charge on any atom is -0.0847 e. The lowest BCUT2D eigenvalue weighted by atomic mass is 9.93. The maximum Gasteiger partial charge on any atom is -0.00901 e. The summed E-state index contributed by atoms with van der Waals surface area (Å²) in [4.78, 5) is 0. The summed E-state index contributed by atoms with van der Waals surface area (Å²) in [6.45, 7) is 2.27. The molecule has 0 saturated heterocycles. The highest BCUT2D eigenvalue weighted by Crippen LogP contribution is 2.34. The molecular formula is C17H22. The lowest BCUT2D eigenvalue weighted by Gasteiger charge is -2.12. The van der Waals surface area contributed by atoms with E-state index in [4.69, 9.17) is 0 Å². The van der Waals surface area contributed by atoms with Gasteiger partial charge in [0.25, 0.3) is 0 Å². The summed E-state index contributed by atoms with van der Waals surface area (Å²) >= 11 is 0. The van der Waals surface area contributed by atoms with E-state index in [2.05, 4.69) is 55.5 Å². The van der Waals surface area contributed by atoms with Gasteiger partial charge in [-0.1, -0.05) is 67.5 Å². The second kappa shape index (κ2) is 6.44. The number of hydrogen-bond donors (Lipinski definition) is 0. The summed E-state index contributed by atoms with van der Waals surface area (Å²) in [7, 11) is 0. The van der Waals surface area contributed by atoms with E-state index in [1.54, 1.807) is 5.57 Å². The van der Waals surface area contributed by atoms with Crippen LogP contribution in [-0.4, -0.2) is 0 Å². The van der Waals surface area contributed by atoms with Crippen LogP contribution in [0, 0.1) is 5.92 Å². The standard InChI is InChI=1S/C17H22/c1-2-3-9-15-12-13-17(14-15)16-10-7-5-4-6-8-11-16/h4-8,10-12,17H,2-3,9,13-14H2,1H3. The molecule has 90 valence electrons. The zero-order chi connectivity index (χ0) is 11.9. The molecule has 17 heavy (non-hydrogen) atoms. The lowest BCUT2D eigenvalue weighted by molar-refractivity contribution is 0.653. The second-order valence-corrected chi connectivity index (χ2v) is 4.90. The minimum atomic E-state index is 0.717. The highest BCUT2D eigenvalue weighted by molar-refractivity contribution is 5.35. The van der Waals surface area contributed by atoms with Crippen molar-refractivity contribution < 1.29 is 0 Å². The first-order valence-electron chi connectivity index (χ1n) is 6.79. The molecule has 0 radical (unpaired) electrons. The summed E-state index contributed by atoms with van der Waals surface area (Å²) < 4.78 is 0. The summed E-state index contributed by atoms with van der Waals surface area (Å²) in [5.74, 6) is 0.717. The van der Waals surface area contributed by atoms with E-state index in [9.17, 15) is 0 Å². The van der Waals surface area contributed by atoms with E-state index in [0.717, 1.165) is 0 Å². The van der Waals surface area contributed by atoms with E-state index in [-0.39, 0.29) is 0 Å². The Morgan fingerprint density at radius 2 is 1.94 bits per heavy atom. The lowest BCUT2D eigenvalue weighted by Crippen LogP contribution is -1.98. The molecule has 0 heteroatoms. The predicted octanol–water partition coefficient (Wildman–Crippen LogP) is 5.12. The average Bonchev–Trinajstić information content (AvgIpc) is 2.74. The quantitative estimate of drug-likeness (QED) is 0.583. The molecule has 0 amide bonds. The molecule has 0 bridgehead atoms. The third-order valence-corrected chi connectivity index (χ3v) is 3.54. The van der Waals surface area contributed by atoms with Crippen LogP contribution in [0.25, 0.3) is 0 Å². The first-order valence-corrected chi connectivity index (χ1v) is 6.79. The highest BCUT2D eigenvalue weighted by Gasteiger charge is 2.18. The fraction of sp³-hybridized carbons (Fsp3) is 0.412. The maximum atomic E-state index is 2.47. The van der Waals surface area contributed by atoms with Gasteiger partial charge in [-0.15, -0.1) is 0 Å². The van der Waals surface area contributed by atoms with Gasteiger partial charge in [0.15, 0.2) is 0 Å². The van der Waals surface area contributed by atoms with Gasteiger partial charge in [0.05, 0.1) is 0 Å². The molecule has 1 unspecified atom stereocenters. The van der Waals surface area contributed by atoms with Crippen LogP contribution in [-0.2, 0) is 0 Å². The Balaban J connectivity index is 1.93. The van der Waals surface area contributed by atoms with Crippen molar-refractivity contribution in [2.45, 2.75) is 39.0 Å². The molecule has 0 aromatic carbocycles. The van der Waals surface area contributed by atoms with Gasteiger partial charge in [-0.2, -0.15) is 0 Å². The average molecular weight is 226 g/mol. The van der Waals surface area contributed by atoms with Crippen LogP contribution in [0.2, 0.25) is 0 Å². The van der Waals surface area contributed by atoms with Crippen molar-refractivity contribution in [3.63, 3.8) is 0 Å². The molecule has 0 aliphatic heterocycles. The molecule has 0 N–H and O–H groups in total. The van der Waals surface area contributed by atoms with Crippen LogP contribution in [0.3, 0.4) is 0 Å². The molecule has 0 aromatic rings. The van der Waals surface area contributed by atoms with Crippen LogP contribution < -0.4 is 0 Å². The van der Waals surface area contributed by atoms with Gasteiger partial charge in [0.2, 0.25) is 0 Å². The van der Waals surface area contributed by atoms with Crippen molar-refractivity contribution >= 4 is 0 Å². The summed E-state index contributed by atoms with van der Waals surface area (Å²) in [5.41, 5.74) is 3.15. The minimum absolute atomic E-state index is 0.717. The van der Waals surface area contributed by atoms with E-state index >= 15 is 0 Å². The van der Waals surface area contributed by atoms with Crippen LogP contribution in [0.5, 0.6) is 0 Å². The van der Waals surface area contributed by atoms with Gasteiger partial charge in [-0.25, -0.2) is 0 Å². The van der Waals surface area contributed by atoms with Crippen molar-refractivity contribution in [2.75, 3.05) is 0 Å². The summed E-state index contributed by atoms with van der Waals surface area (Å²) in [6, 6.07) is 0. The van der Waals surface area contributed by atoms with E-state index in [0.29, 0.717) is 5.92 Å². The Bertz CT molecular complexity index is 388. The molecule has 0 spiro atoms. The van der Waals surface area contributed by atoms with Gasteiger partial charge < -0.3 is 0 Å². The van der Waals surface area contributed by atoms with E-state index in [1.165, 1.54) is 37.7 Å². The molecular weight excluding hydrogens is 204 g/mol. The highest BCUT2D eigenvalue weighted by atomic mass is 14.2. The SMILES string of the molecule is CCCCC1=CCC(C2=CC=CC=CC=C2)C1. The maximum absolute atomic E-state index is 2.47. The van der Waals surface area contributed by atoms with Crippen molar-refractivity contribution in [1.29, 1.82) is 0 Å². The summed E-state index contributed by atoms with van der Waals surface area (Å²) in [6.07, 6.45) is 24.0. The van der Waals surface area contributed by atoms with Crippen LogP contribution in [0.1, 0.15) is 39.0 Å². The van der Waals surface area contributed by atoms with Crippen molar-refractivity contribution in [3.8, 4) is 0 Å². The number of unbranched alkanes of at least 4 members (excludes halogenated alkanes) is 1. The zero-order valence-electron chi connectivity index (χ0n) is 10.7. The Hall–Kier alpha value is -1.30. The second-order valence-electron chi connectivity index (χ2n) is 4.90. The molecule has 1 atom stereocenters. The topological polar surface area (TPSA) is 0 Å². The molecule has 2 aliphatic rings. The first kappa shape index (κ1) is 12.2. The normalized spacial score (nSPS) is 23.2. The molecule has 0 fully saturated rings. The predicted molar refractivity (Wildman–Crippen MR) is 75.8 cm³/mol. The fourth-order valence-electron chi connectivity index (χ4n) is 2.51. The third kappa shape index (κ3) is 3.59. The van der Waals surface area contributed by atoms with Crippen molar-refractivity contribution in [1.82, 2.24) is 0 Å². The Morgan fingerprint density at radius 1 is 1.12 bits per heavy atom. The van der Waals surface area contributed by atoms with Gasteiger partial charge in [-0.3, -0.25) is 0 Å². The third-order valence-electron chi connectivity index (χ3n) is 3.54. The van der Waals surface area contributed by atoms with Crippen LogP contribution in [0.15, 0.2) is 59.8 Å². The van der Waals surface area contributed by atoms with Gasteiger partial charge in [-0.05, 0) is 37.2 Å². The Kier molecular flexibility index (Phi) is 4.61. The molecule has 0 nitrogen and oxygen atoms in total. The first-order chi connectivity index (χ1) is 8.40. The van der Waals surface area contributed by atoms with Gasteiger partial charge in [0.1, 0.15) is 0 Å². The Morgan fingerprint density at radius 3 is 2.82 bits per heavy atom. The van der Waals surface area contributed by atoms with Crippen molar-refractivity contribution in [2.24, 2.45) is 5.92 Å². The largest absolute Gasteiger partial charge is 0.0847 e. The number of allylic oxidation sites excluding steroid dienone is 10. The van der Waals surface area contributed by atoms with Crippen LogP contribution >= 0.6 is 0 Å². The molecule has 2 aliphatic carbocycles.